The molecule has 1 amide bonds. The van der Waals surface area contributed by atoms with Gasteiger partial charge in [-0.15, -0.1) is 0 Å². The minimum absolute atomic E-state index is 0.0188. The maximum Gasteiger partial charge on any atom is 0.224 e. The van der Waals surface area contributed by atoms with Gasteiger partial charge < -0.3 is 9.84 Å². The third kappa shape index (κ3) is 4.91. The number of nitrogens with one attached hydrogen (secondary N) is 1. The number of nitrogens with zero attached hydrogens (tertiary/aromatic N) is 1. The summed E-state index contributed by atoms with van der Waals surface area (Å²) in [5.41, 5.74) is 4.28. The number of hydrogen-bond donors (Lipinski definition) is 1. The quantitative estimate of drug-likeness (QED) is 0.797. The van der Waals surface area contributed by atoms with Gasteiger partial charge >= 0.3 is 0 Å². The van der Waals surface area contributed by atoms with Crippen molar-refractivity contribution in [1.29, 1.82) is 0 Å². The maximum atomic E-state index is 11.9. The average molecular weight is 318 g/mol. The standard InChI is InChI=1S/C17H22N2O2S/c1-12-4-6-15(7-5-12)11-22-9-8-18-17(20)10-16-13(2)19-21-14(16)3/h4-7H,8-11H2,1-3H3,(H,18,20). The van der Waals surface area contributed by atoms with Gasteiger partial charge in [-0.2, -0.15) is 11.8 Å². The van der Waals surface area contributed by atoms with E-state index in [2.05, 4.69) is 41.7 Å². The van der Waals surface area contributed by atoms with Crippen LogP contribution in [0.1, 0.15) is 28.1 Å². The number of benzene rings is 1. The zero-order chi connectivity index (χ0) is 15.9. The number of aromatic nitrogens is 1. The predicted molar refractivity (Wildman–Crippen MR) is 90.0 cm³/mol. The first kappa shape index (κ1) is 16.6. The first-order valence-corrected chi connectivity index (χ1v) is 8.53. The van der Waals surface area contributed by atoms with Gasteiger partial charge in [0.05, 0.1) is 12.1 Å². The van der Waals surface area contributed by atoms with E-state index in [0.717, 1.165) is 28.5 Å². The molecule has 0 aliphatic rings. The molecular weight excluding hydrogens is 296 g/mol. The fourth-order valence-electron chi connectivity index (χ4n) is 2.11. The molecule has 0 atom stereocenters. The molecule has 4 nitrogen and oxygen atoms in total. The molecule has 1 aromatic heterocycles. The van der Waals surface area contributed by atoms with Gasteiger partial charge in [-0.3, -0.25) is 4.79 Å². The first-order chi connectivity index (χ1) is 10.6. The number of aryl methyl sites for hydroxylation is 3. The monoisotopic (exact) mass is 318 g/mol. The van der Waals surface area contributed by atoms with Crippen LogP contribution in [0.2, 0.25) is 0 Å². The lowest BCUT2D eigenvalue weighted by molar-refractivity contribution is -0.120. The van der Waals surface area contributed by atoms with E-state index < -0.39 is 0 Å². The normalized spacial score (nSPS) is 10.7. The molecule has 0 aliphatic heterocycles. The summed E-state index contributed by atoms with van der Waals surface area (Å²) in [6, 6.07) is 8.55. The van der Waals surface area contributed by atoms with Gasteiger partial charge in [0.2, 0.25) is 5.91 Å². The Morgan fingerprint density at radius 1 is 1.23 bits per heavy atom. The minimum atomic E-state index is 0.0188. The Morgan fingerprint density at radius 3 is 2.59 bits per heavy atom. The van der Waals surface area contributed by atoms with Crippen LogP contribution < -0.4 is 5.32 Å². The highest BCUT2D eigenvalue weighted by atomic mass is 32.2. The smallest absolute Gasteiger partial charge is 0.224 e. The van der Waals surface area contributed by atoms with Crippen LogP contribution in [0, 0.1) is 20.8 Å². The van der Waals surface area contributed by atoms with Crippen molar-refractivity contribution in [3.05, 3.63) is 52.4 Å². The summed E-state index contributed by atoms with van der Waals surface area (Å²) in [7, 11) is 0. The van der Waals surface area contributed by atoms with Crippen LogP contribution in [-0.4, -0.2) is 23.4 Å². The molecule has 0 bridgehead atoms. The molecule has 1 aromatic carbocycles. The molecular formula is C17H22N2O2S. The van der Waals surface area contributed by atoms with Gasteiger partial charge in [0.25, 0.3) is 0 Å². The lowest BCUT2D eigenvalue weighted by Gasteiger charge is -2.05. The molecule has 0 saturated carbocycles. The molecule has 22 heavy (non-hydrogen) atoms. The average Bonchev–Trinajstić information content (AvgIpc) is 2.81. The Bertz CT molecular complexity index is 601. The van der Waals surface area contributed by atoms with Crippen LogP contribution >= 0.6 is 11.8 Å². The van der Waals surface area contributed by atoms with Gasteiger partial charge in [0, 0.05) is 23.6 Å². The molecule has 1 heterocycles. The Morgan fingerprint density at radius 2 is 1.95 bits per heavy atom. The van der Waals surface area contributed by atoms with Gasteiger partial charge in [-0.1, -0.05) is 35.0 Å². The van der Waals surface area contributed by atoms with Crippen LogP contribution in [0.15, 0.2) is 28.8 Å². The molecule has 5 heteroatoms. The molecule has 0 spiro atoms. The second-order valence-electron chi connectivity index (χ2n) is 5.37. The van der Waals surface area contributed by atoms with Gasteiger partial charge in [-0.05, 0) is 26.3 Å². The highest BCUT2D eigenvalue weighted by Gasteiger charge is 2.12. The molecule has 0 radical (unpaired) electrons. The Hall–Kier alpha value is -1.75. The van der Waals surface area contributed by atoms with Crippen LogP contribution in [-0.2, 0) is 17.0 Å². The van der Waals surface area contributed by atoms with E-state index in [9.17, 15) is 4.79 Å². The van der Waals surface area contributed by atoms with Crippen molar-refractivity contribution in [2.75, 3.05) is 12.3 Å². The van der Waals surface area contributed by atoms with E-state index in [1.165, 1.54) is 11.1 Å². The summed E-state index contributed by atoms with van der Waals surface area (Å²) in [5, 5.41) is 6.80. The van der Waals surface area contributed by atoms with Crippen molar-refractivity contribution in [3.63, 3.8) is 0 Å². The number of thioether (sulfide) groups is 1. The summed E-state index contributed by atoms with van der Waals surface area (Å²) in [4.78, 5) is 11.9. The van der Waals surface area contributed by atoms with Crippen molar-refractivity contribution in [2.24, 2.45) is 0 Å². The van der Waals surface area contributed by atoms with Crippen LogP contribution in [0.4, 0.5) is 0 Å². The van der Waals surface area contributed by atoms with Gasteiger partial charge in [0.15, 0.2) is 0 Å². The Kier molecular flexibility index (Phi) is 6.07. The highest BCUT2D eigenvalue weighted by Crippen LogP contribution is 2.13. The fourth-order valence-corrected chi connectivity index (χ4v) is 2.93. The van der Waals surface area contributed by atoms with E-state index >= 15 is 0 Å². The molecule has 0 unspecified atom stereocenters. The van der Waals surface area contributed by atoms with Crippen molar-refractivity contribution >= 4 is 17.7 Å². The molecule has 2 aromatic rings. The third-order valence-corrected chi connectivity index (χ3v) is 4.51. The van der Waals surface area contributed by atoms with E-state index in [1.807, 2.05) is 25.6 Å². The minimum Gasteiger partial charge on any atom is -0.361 e. The van der Waals surface area contributed by atoms with E-state index in [0.29, 0.717) is 13.0 Å². The third-order valence-electron chi connectivity index (χ3n) is 3.48. The lowest BCUT2D eigenvalue weighted by Crippen LogP contribution is -2.27. The van der Waals surface area contributed by atoms with E-state index in [1.54, 1.807) is 0 Å². The summed E-state index contributed by atoms with van der Waals surface area (Å²) in [5.74, 6) is 2.62. The topological polar surface area (TPSA) is 55.1 Å². The molecule has 2 rings (SSSR count). The van der Waals surface area contributed by atoms with E-state index in [4.69, 9.17) is 4.52 Å². The first-order valence-electron chi connectivity index (χ1n) is 7.38. The van der Waals surface area contributed by atoms with Crippen LogP contribution in [0.25, 0.3) is 0 Å². The lowest BCUT2D eigenvalue weighted by atomic mass is 10.1. The van der Waals surface area contributed by atoms with Crippen molar-refractivity contribution < 1.29 is 9.32 Å². The number of rotatable bonds is 7. The summed E-state index contributed by atoms with van der Waals surface area (Å²) in [6.45, 7) is 6.46. The Labute approximate surface area is 135 Å². The molecule has 118 valence electrons. The predicted octanol–water partition coefficient (Wildman–Crippen LogP) is 3.19. The number of amides is 1. The van der Waals surface area contributed by atoms with Crippen molar-refractivity contribution in [2.45, 2.75) is 32.9 Å². The van der Waals surface area contributed by atoms with Gasteiger partial charge in [-0.25, -0.2) is 0 Å². The fraction of sp³-hybridized carbons (Fsp3) is 0.412. The van der Waals surface area contributed by atoms with Gasteiger partial charge in [0.1, 0.15) is 5.76 Å². The Balaban J connectivity index is 1.64. The SMILES string of the molecule is Cc1ccc(CSCCNC(=O)Cc2c(C)noc2C)cc1. The van der Waals surface area contributed by atoms with E-state index in [-0.39, 0.29) is 5.91 Å². The maximum absolute atomic E-state index is 11.9. The zero-order valence-corrected chi connectivity index (χ0v) is 14.1. The summed E-state index contributed by atoms with van der Waals surface area (Å²) in [6.07, 6.45) is 0.337. The van der Waals surface area contributed by atoms with Crippen LogP contribution in [0.5, 0.6) is 0 Å². The highest BCUT2D eigenvalue weighted by molar-refractivity contribution is 7.98. The molecule has 0 aliphatic carbocycles. The zero-order valence-electron chi connectivity index (χ0n) is 13.3. The number of hydrogen-bond acceptors (Lipinski definition) is 4. The largest absolute Gasteiger partial charge is 0.361 e. The molecule has 0 fully saturated rings. The summed E-state index contributed by atoms with van der Waals surface area (Å²) < 4.78 is 5.06. The summed E-state index contributed by atoms with van der Waals surface area (Å²) >= 11 is 1.82. The van der Waals surface area contributed by atoms with Crippen molar-refractivity contribution in [1.82, 2.24) is 10.5 Å². The molecule has 1 N–H and O–H groups in total. The second kappa shape index (κ2) is 8.03. The number of carbonyl (C=O) groups is 1. The number of carbonyl (C=O) groups excluding carboxylic acids is 1. The van der Waals surface area contributed by atoms with Crippen LogP contribution in [0.3, 0.4) is 0 Å². The molecule has 0 saturated heterocycles. The second-order valence-corrected chi connectivity index (χ2v) is 6.47. The van der Waals surface area contributed by atoms with Crippen molar-refractivity contribution in [3.8, 4) is 0 Å².